The van der Waals surface area contributed by atoms with Gasteiger partial charge in [0.1, 0.15) is 0 Å². The summed E-state index contributed by atoms with van der Waals surface area (Å²) < 4.78 is 10.7. The van der Waals surface area contributed by atoms with E-state index in [0.717, 1.165) is 22.3 Å². The van der Waals surface area contributed by atoms with Crippen LogP contribution in [0.4, 0.5) is 0 Å². The lowest BCUT2D eigenvalue weighted by Crippen LogP contribution is -2.47. The minimum Gasteiger partial charge on any atom is -0.395 e. The number of ether oxygens (including phenoxy) is 1. The summed E-state index contributed by atoms with van der Waals surface area (Å²) in [6, 6.07) is 11.8. The van der Waals surface area contributed by atoms with Crippen LogP contribution in [-0.4, -0.2) is 89.9 Å². The molecule has 2 atom stereocenters. The smallest absolute Gasteiger partial charge is 0.334 e. The van der Waals surface area contributed by atoms with E-state index in [1.165, 1.54) is 0 Å². The number of aliphatic hydroxyl groups is 6. The topological polar surface area (TPSA) is 221 Å². The molecule has 2 unspecified atom stereocenters. The molecule has 0 aliphatic carbocycles. The Kier molecular flexibility index (Phi) is 18.0. The van der Waals surface area contributed by atoms with Gasteiger partial charge in [-0.25, -0.2) is 4.31 Å². The fraction of sp³-hybridized carbons (Fsp3) is 0.684. The summed E-state index contributed by atoms with van der Waals surface area (Å²) in [5, 5.41) is 65.3. The molecular weight excluding hydrogens is 710 g/mol. The van der Waals surface area contributed by atoms with Crippen molar-refractivity contribution in [1.29, 1.82) is 0 Å². The van der Waals surface area contributed by atoms with E-state index in [9.17, 15) is 30.6 Å². The van der Waals surface area contributed by atoms with Crippen LogP contribution in [0, 0.1) is 10.8 Å². The quantitative estimate of drug-likeness (QED) is 0.114. The Balaban J connectivity index is 0.00000174. The summed E-state index contributed by atoms with van der Waals surface area (Å²) in [4.78, 5) is 31.3. The molecule has 0 aromatic heterocycles. The van der Waals surface area contributed by atoms with Crippen LogP contribution >= 0.6 is 17.2 Å². The van der Waals surface area contributed by atoms with Crippen molar-refractivity contribution >= 4 is 17.2 Å². The van der Waals surface area contributed by atoms with Gasteiger partial charge in [-0.2, -0.15) is 0 Å². The molecule has 300 valence electrons. The summed E-state index contributed by atoms with van der Waals surface area (Å²) >= 11 is 0. The van der Waals surface area contributed by atoms with Gasteiger partial charge >= 0.3 is 17.2 Å². The number of rotatable bonds is 14. The maximum Gasteiger partial charge on any atom is 0.334 e. The summed E-state index contributed by atoms with van der Waals surface area (Å²) in [6.45, 7) is 21.7. The number of aliphatic hydroxyl groups excluding tert-OH is 6. The monoisotopic (exact) mass is 776 g/mol. The largest absolute Gasteiger partial charge is 0.395 e. The van der Waals surface area contributed by atoms with Crippen LogP contribution in [0.25, 0.3) is 0 Å². The summed E-state index contributed by atoms with van der Waals surface area (Å²) in [5.41, 5.74) is 0.948. The molecule has 2 rings (SSSR count). The van der Waals surface area contributed by atoms with Crippen LogP contribution in [0.1, 0.15) is 129 Å². The second-order valence-corrected chi connectivity index (χ2v) is 19.4. The maximum absolute atomic E-state index is 10.9. The number of hydrogen-bond acceptors (Lipinski definition) is 12. The van der Waals surface area contributed by atoms with Gasteiger partial charge in [-0.1, -0.05) is 119 Å². The van der Waals surface area contributed by atoms with Crippen molar-refractivity contribution in [1.82, 2.24) is 0 Å². The molecule has 0 spiro atoms. The molecule has 10 N–H and O–H groups in total. The molecule has 0 saturated heterocycles. The Morgan fingerprint density at radius 1 is 0.462 bits per heavy atom. The molecule has 0 aliphatic heterocycles. The van der Waals surface area contributed by atoms with E-state index in [1.54, 1.807) is 0 Å². The van der Waals surface area contributed by atoms with Crippen LogP contribution < -0.4 is 0 Å². The Bertz CT molecular complexity index is 1260. The minimum atomic E-state index is -2.61. The molecule has 0 fully saturated rings. The van der Waals surface area contributed by atoms with Crippen LogP contribution in [0.15, 0.2) is 36.4 Å². The van der Waals surface area contributed by atoms with Gasteiger partial charge in [0.05, 0.1) is 62.7 Å². The molecule has 0 radical (unpaired) electrons. The average molecular weight is 777 g/mol. The number of hydrogen-bond donors (Lipinski definition) is 10. The first-order chi connectivity index (χ1) is 23.7. The highest BCUT2D eigenvalue weighted by molar-refractivity contribution is 7.53. The molecular formula is C38H66O12P2. The van der Waals surface area contributed by atoms with Crippen molar-refractivity contribution < 1.29 is 59.3 Å². The van der Waals surface area contributed by atoms with Gasteiger partial charge in [0, 0.05) is 0 Å². The highest BCUT2D eigenvalue weighted by Crippen LogP contribution is 2.52. The zero-order valence-electron chi connectivity index (χ0n) is 33.0. The predicted molar refractivity (Wildman–Crippen MR) is 205 cm³/mol. The van der Waals surface area contributed by atoms with Gasteiger partial charge in [0.25, 0.3) is 0 Å². The molecule has 0 heterocycles. The highest BCUT2D eigenvalue weighted by atomic mass is 31.2. The third kappa shape index (κ3) is 11.9. The Morgan fingerprint density at radius 2 is 0.731 bits per heavy atom. The third-order valence-corrected chi connectivity index (χ3v) is 10.5. The van der Waals surface area contributed by atoms with E-state index in [1.807, 2.05) is 24.3 Å². The number of benzene rings is 2. The second kappa shape index (κ2) is 19.1. The molecule has 0 saturated carbocycles. The van der Waals surface area contributed by atoms with Crippen molar-refractivity contribution in [3.63, 3.8) is 0 Å². The van der Waals surface area contributed by atoms with Crippen LogP contribution in [0.3, 0.4) is 0 Å². The first-order valence-corrected chi connectivity index (χ1v) is 19.6. The van der Waals surface area contributed by atoms with Gasteiger partial charge in [0.15, 0.2) is 0 Å². The van der Waals surface area contributed by atoms with E-state index in [4.69, 9.17) is 24.3 Å². The Morgan fingerprint density at radius 3 is 0.904 bits per heavy atom. The van der Waals surface area contributed by atoms with Crippen molar-refractivity contribution in [2.24, 2.45) is 10.8 Å². The van der Waals surface area contributed by atoms with Crippen LogP contribution in [0.2, 0.25) is 0 Å². The second-order valence-electron chi connectivity index (χ2n) is 17.7. The molecule has 52 heavy (non-hydrogen) atoms. The molecule has 0 aliphatic rings. The lowest BCUT2D eigenvalue weighted by Gasteiger charge is -2.47. The minimum absolute atomic E-state index is 0.269. The van der Waals surface area contributed by atoms with Gasteiger partial charge in [-0.15, -0.1) is 0 Å². The van der Waals surface area contributed by atoms with Crippen molar-refractivity contribution in [3.8, 4) is 0 Å². The normalized spacial score (nSPS) is 14.8. The Labute approximate surface area is 313 Å². The van der Waals surface area contributed by atoms with Crippen molar-refractivity contribution in [3.05, 3.63) is 69.8 Å². The average Bonchev–Trinajstić information content (AvgIpc) is 3.02. The first-order valence-electron chi connectivity index (χ1n) is 17.3. The van der Waals surface area contributed by atoms with E-state index in [2.05, 4.69) is 99.5 Å². The SMILES string of the molecule is CC(C)(C)c1cccc(C(OC(c2cccc(C(C)(C)C)c2C(C)(C)C)C(CO)(CO)CO)C(CO)(CO)CO)c1C(C)(C)C.OP(O)OP(O)O. The zero-order valence-corrected chi connectivity index (χ0v) is 34.8. The van der Waals surface area contributed by atoms with Gasteiger partial charge in [0.2, 0.25) is 0 Å². The summed E-state index contributed by atoms with van der Waals surface area (Å²) in [5.74, 6) is 0. The molecule has 2 aromatic carbocycles. The molecule has 0 amide bonds. The highest BCUT2D eigenvalue weighted by Gasteiger charge is 2.49. The van der Waals surface area contributed by atoms with Gasteiger partial charge in [-0.05, 0) is 55.0 Å². The van der Waals surface area contributed by atoms with Crippen molar-refractivity contribution in [2.75, 3.05) is 39.6 Å². The molecule has 14 heteroatoms. The summed E-state index contributed by atoms with van der Waals surface area (Å²) in [6.07, 6.45) is -2.21. The Hall–Kier alpha value is -1.18. The molecule has 0 bridgehead atoms. The molecule has 12 nitrogen and oxygen atoms in total. The summed E-state index contributed by atoms with van der Waals surface area (Å²) in [7, 11) is -5.22. The zero-order chi connectivity index (χ0) is 40.7. The third-order valence-electron chi connectivity index (χ3n) is 9.29. The fourth-order valence-corrected chi connectivity index (χ4v) is 7.12. The van der Waals surface area contributed by atoms with E-state index < -0.39 is 90.7 Å². The van der Waals surface area contributed by atoms with Crippen LogP contribution in [-0.2, 0) is 30.7 Å². The fourth-order valence-electron chi connectivity index (χ4n) is 6.60. The maximum atomic E-state index is 10.9. The lowest BCUT2D eigenvalue weighted by atomic mass is 9.68. The van der Waals surface area contributed by atoms with Crippen LogP contribution in [0.5, 0.6) is 0 Å². The van der Waals surface area contributed by atoms with E-state index in [-0.39, 0.29) is 10.8 Å². The van der Waals surface area contributed by atoms with E-state index in [0.29, 0.717) is 11.1 Å². The predicted octanol–water partition coefficient (Wildman–Crippen LogP) is 5.03. The van der Waals surface area contributed by atoms with Gasteiger partial charge in [-0.3, -0.25) is 0 Å². The standard InChI is InChI=1S/C38H62O7.H4O5P2/c1-33(2,3)27-17-13-15-25(29(27)35(7,8)9)31(37(19-39,20-40)21-41)45-32(38(22-42,23-43)24-44)26-16-14-18-28(34(4,5)6)30(26)36(10,11)12;1-6(2)5-7(3)4/h13-18,31-32,39-44H,19-24H2,1-12H3;1-4H. The molecule has 2 aromatic rings. The van der Waals surface area contributed by atoms with Gasteiger partial charge < -0.3 is 54.9 Å². The van der Waals surface area contributed by atoms with E-state index >= 15 is 0 Å². The van der Waals surface area contributed by atoms with Crippen molar-refractivity contribution in [2.45, 2.75) is 117 Å². The lowest BCUT2D eigenvalue weighted by molar-refractivity contribution is -0.193. The first kappa shape index (κ1) is 48.8.